The summed E-state index contributed by atoms with van der Waals surface area (Å²) in [7, 11) is 0. The number of hydrogen-bond donors (Lipinski definition) is 2. The van der Waals surface area contributed by atoms with Crippen LogP contribution in [0.3, 0.4) is 0 Å². The fourth-order valence-electron chi connectivity index (χ4n) is 2.03. The number of aryl methyl sites for hydroxylation is 2. The van der Waals surface area contributed by atoms with Gasteiger partial charge >= 0.3 is 0 Å². The van der Waals surface area contributed by atoms with Crippen LogP contribution in [-0.2, 0) is 6.42 Å². The van der Waals surface area contributed by atoms with Crippen molar-refractivity contribution in [2.24, 2.45) is 5.84 Å². The number of nitrogens with two attached hydrogens (primary N) is 1. The second-order valence-electron chi connectivity index (χ2n) is 4.35. The Morgan fingerprint density at radius 1 is 1.17 bits per heavy atom. The van der Waals surface area contributed by atoms with Gasteiger partial charge in [-0.05, 0) is 54.7 Å². The third-order valence-electron chi connectivity index (χ3n) is 3.13. The predicted molar refractivity (Wildman–Crippen MR) is 71.6 cm³/mol. The molecule has 2 aromatic rings. The van der Waals surface area contributed by atoms with Crippen LogP contribution in [0.15, 0.2) is 43.0 Å². The minimum Gasteiger partial charge on any atom is -0.271 e. The lowest BCUT2D eigenvalue weighted by Gasteiger charge is -2.17. The molecule has 0 bridgehead atoms. The van der Waals surface area contributed by atoms with Gasteiger partial charge in [0.1, 0.15) is 0 Å². The maximum atomic E-state index is 5.65. The summed E-state index contributed by atoms with van der Waals surface area (Å²) < 4.78 is 0. The van der Waals surface area contributed by atoms with E-state index in [0.29, 0.717) is 0 Å². The van der Waals surface area contributed by atoms with E-state index in [2.05, 4.69) is 22.3 Å². The Kier molecular flexibility index (Phi) is 4.39. The molecule has 2 aromatic heterocycles. The smallest absolute Gasteiger partial charge is 0.0481 e. The van der Waals surface area contributed by atoms with Crippen molar-refractivity contribution in [3.63, 3.8) is 0 Å². The van der Waals surface area contributed by atoms with Gasteiger partial charge in [0.25, 0.3) is 0 Å². The van der Waals surface area contributed by atoms with Gasteiger partial charge in [0.2, 0.25) is 0 Å². The van der Waals surface area contributed by atoms with E-state index in [1.807, 2.05) is 36.8 Å². The van der Waals surface area contributed by atoms with Crippen molar-refractivity contribution in [1.29, 1.82) is 0 Å². The highest BCUT2D eigenvalue weighted by Crippen LogP contribution is 2.20. The molecule has 1 atom stereocenters. The largest absolute Gasteiger partial charge is 0.271 e. The molecule has 1 unspecified atom stereocenters. The Bertz CT molecular complexity index is 484. The van der Waals surface area contributed by atoms with Crippen LogP contribution in [0.5, 0.6) is 0 Å². The molecule has 0 radical (unpaired) electrons. The molecule has 4 nitrogen and oxygen atoms in total. The third kappa shape index (κ3) is 3.12. The zero-order valence-electron chi connectivity index (χ0n) is 10.5. The molecule has 0 aliphatic carbocycles. The van der Waals surface area contributed by atoms with Crippen LogP contribution in [0.25, 0.3) is 0 Å². The van der Waals surface area contributed by atoms with E-state index in [1.165, 1.54) is 11.1 Å². The van der Waals surface area contributed by atoms with Crippen molar-refractivity contribution < 1.29 is 0 Å². The Balaban J connectivity index is 2.04. The highest BCUT2D eigenvalue weighted by Gasteiger charge is 2.12. The lowest BCUT2D eigenvalue weighted by atomic mass is 9.98. The van der Waals surface area contributed by atoms with Gasteiger partial charge in [0, 0.05) is 30.8 Å². The Morgan fingerprint density at radius 3 is 2.56 bits per heavy atom. The molecular weight excluding hydrogens is 224 g/mol. The average molecular weight is 242 g/mol. The molecule has 0 saturated carbocycles. The number of hydrogen-bond acceptors (Lipinski definition) is 4. The fourth-order valence-corrected chi connectivity index (χ4v) is 2.03. The van der Waals surface area contributed by atoms with Crippen molar-refractivity contribution in [3.8, 4) is 0 Å². The van der Waals surface area contributed by atoms with Crippen LogP contribution in [-0.4, -0.2) is 9.97 Å². The average Bonchev–Trinajstić information content (AvgIpc) is 2.42. The monoisotopic (exact) mass is 242 g/mol. The molecule has 2 heterocycles. The Labute approximate surface area is 107 Å². The highest BCUT2D eigenvalue weighted by atomic mass is 15.2. The van der Waals surface area contributed by atoms with E-state index in [-0.39, 0.29) is 6.04 Å². The first-order valence-electron chi connectivity index (χ1n) is 6.07. The number of nitrogens with one attached hydrogen (secondary N) is 1. The first-order valence-corrected chi connectivity index (χ1v) is 6.07. The zero-order valence-corrected chi connectivity index (χ0v) is 10.5. The van der Waals surface area contributed by atoms with Gasteiger partial charge in [-0.2, -0.15) is 0 Å². The van der Waals surface area contributed by atoms with E-state index in [1.54, 1.807) is 6.20 Å². The van der Waals surface area contributed by atoms with E-state index in [9.17, 15) is 0 Å². The molecule has 94 valence electrons. The van der Waals surface area contributed by atoms with Gasteiger partial charge in [0.05, 0.1) is 0 Å². The lowest BCUT2D eigenvalue weighted by molar-refractivity contribution is 0.512. The van der Waals surface area contributed by atoms with Gasteiger partial charge in [0.15, 0.2) is 0 Å². The van der Waals surface area contributed by atoms with Gasteiger partial charge in [-0.15, -0.1) is 0 Å². The number of pyridine rings is 2. The Morgan fingerprint density at radius 2 is 1.89 bits per heavy atom. The van der Waals surface area contributed by atoms with Crippen molar-refractivity contribution >= 4 is 0 Å². The second-order valence-corrected chi connectivity index (χ2v) is 4.35. The number of hydrazine groups is 1. The molecule has 0 spiro atoms. The van der Waals surface area contributed by atoms with Gasteiger partial charge in [-0.25, -0.2) is 0 Å². The molecule has 2 rings (SSSR count). The van der Waals surface area contributed by atoms with Crippen molar-refractivity contribution in [2.45, 2.75) is 25.8 Å². The van der Waals surface area contributed by atoms with Crippen LogP contribution in [0, 0.1) is 6.92 Å². The number of aromatic nitrogens is 2. The van der Waals surface area contributed by atoms with Gasteiger partial charge < -0.3 is 0 Å². The van der Waals surface area contributed by atoms with Crippen LogP contribution in [0.2, 0.25) is 0 Å². The summed E-state index contributed by atoms with van der Waals surface area (Å²) in [5.74, 6) is 5.65. The van der Waals surface area contributed by atoms with Crippen molar-refractivity contribution in [3.05, 3.63) is 59.7 Å². The van der Waals surface area contributed by atoms with Crippen LogP contribution >= 0.6 is 0 Å². The number of nitrogens with zero attached hydrogens (tertiary/aromatic N) is 2. The fraction of sp³-hybridized carbons (Fsp3) is 0.286. The molecule has 18 heavy (non-hydrogen) atoms. The van der Waals surface area contributed by atoms with E-state index < -0.39 is 0 Å². The zero-order chi connectivity index (χ0) is 12.8. The summed E-state index contributed by atoms with van der Waals surface area (Å²) in [6.07, 6.45) is 9.21. The summed E-state index contributed by atoms with van der Waals surface area (Å²) in [6.45, 7) is 2.08. The summed E-state index contributed by atoms with van der Waals surface area (Å²) >= 11 is 0. The molecule has 3 N–H and O–H groups in total. The first kappa shape index (κ1) is 12.7. The topological polar surface area (TPSA) is 63.8 Å². The lowest BCUT2D eigenvalue weighted by Crippen LogP contribution is -2.29. The standard InChI is InChI=1S/C14H18N4/c1-11-4-7-17-10-13(11)14(18-15)3-2-12-5-8-16-9-6-12/h4-10,14,18H,2-3,15H2,1H3. The first-order chi connectivity index (χ1) is 8.81. The molecule has 0 aliphatic rings. The molecule has 0 aliphatic heterocycles. The third-order valence-corrected chi connectivity index (χ3v) is 3.13. The highest BCUT2D eigenvalue weighted by molar-refractivity contribution is 5.25. The quantitative estimate of drug-likeness (QED) is 0.621. The molecule has 0 fully saturated rings. The molecular formula is C14H18N4. The SMILES string of the molecule is Cc1ccncc1C(CCc1ccncc1)NN. The van der Waals surface area contributed by atoms with E-state index in [4.69, 9.17) is 5.84 Å². The molecule has 0 saturated heterocycles. The van der Waals surface area contributed by atoms with Gasteiger partial charge in [-0.3, -0.25) is 21.2 Å². The molecule has 4 heteroatoms. The summed E-state index contributed by atoms with van der Waals surface area (Å²) in [4.78, 5) is 8.18. The minimum atomic E-state index is 0.131. The Hall–Kier alpha value is -1.78. The minimum absolute atomic E-state index is 0.131. The normalized spacial score (nSPS) is 12.3. The second kappa shape index (κ2) is 6.23. The summed E-state index contributed by atoms with van der Waals surface area (Å²) in [6, 6.07) is 6.20. The predicted octanol–water partition coefficient (Wildman–Crippen LogP) is 1.92. The maximum Gasteiger partial charge on any atom is 0.0481 e. The summed E-state index contributed by atoms with van der Waals surface area (Å²) in [5.41, 5.74) is 6.52. The summed E-state index contributed by atoms with van der Waals surface area (Å²) in [5, 5.41) is 0. The number of rotatable bonds is 5. The van der Waals surface area contributed by atoms with Crippen LogP contribution in [0.1, 0.15) is 29.2 Å². The van der Waals surface area contributed by atoms with E-state index >= 15 is 0 Å². The molecule has 0 amide bonds. The van der Waals surface area contributed by atoms with Gasteiger partial charge in [-0.1, -0.05) is 0 Å². The maximum absolute atomic E-state index is 5.65. The van der Waals surface area contributed by atoms with Crippen molar-refractivity contribution in [2.75, 3.05) is 0 Å². The van der Waals surface area contributed by atoms with Crippen LogP contribution < -0.4 is 11.3 Å². The van der Waals surface area contributed by atoms with E-state index in [0.717, 1.165) is 18.4 Å². The van der Waals surface area contributed by atoms with Crippen molar-refractivity contribution in [1.82, 2.24) is 15.4 Å². The molecule has 0 aromatic carbocycles. The van der Waals surface area contributed by atoms with Crippen LogP contribution in [0.4, 0.5) is 0 Å².